The van der Waals surface area contributed by atoms with Crippen molar-refractivity contribution in [3.05, 3.63) is 0 Å². The zero-order chi connectivity index (χ0) is 14.7. The highest BCUT2D eigenvalue weighted by Gasteiger charge is 2.42. The second-order valence-electron chi connectivity index (χ2n) is 5.58. The van der Waals surface area contributed by atoms with Gasteiger partial charge in [-0.3, -0.25) is 4.79 Å². The van der Waals surface area contributed by atoms with Crippen molar-refractivity contribution in [1.82, 2.24) is 0 Å². The Morgan fingerprint density at radius 1 is 1.26 bits per heavy atom. The Kier molecular flexibility index (Phi) is 5.56. The number of carbonyl (C=O) groups is 1. The van der Waals surface area contributed by atoms with Gasteiger partial charge in [0.1, 0.15) is 15.4 Å². The molecule has 0 aromatic carbocycles. The van der Waals surface area contributed by atoms with Gasteiger partial charge in [-0.25, -0.2) is 8.42 Å². The molecule has 19 heavy (non-hydrogen) atoms. The predicted octanol–water partition coefficient (Wildman–Crippen LogP) is 2.36. The minimum Gasteiger partial charge on any atom is -0.370 e. The highest BCUT2D eigenvalue weighted by molar-refractivity contribution is 7.91. The van der Waals surface area contributed by atoms with Crippen molar-refractivity contribution >= 4 is 15.6 Å². The molecule has 0 amide bonds. The molecule has 1 aliphatic carbocycles. The van der Waals surface area contributed by atoms with E-state index in [1.54, 1.807) is 7.11 Å². The molecule has 0 aliphatic heterocycles. The zero-order valence-corrected chi connectivity index (χ0v) is 13.3. The van der Waals surface area contributed by atoms with E-state index >= 15 is 0 Å². The fourth-order valence-electron chi connectivity index (χ4n) is 3.13. The van der Waals surface area contributed by atoms with E-state index in [0.29, 0.717) is 25.7 Å². The number of Topliss-reactive ketones (excluding diaryl/α,β-unsaturated/α-hetero) is 1. The molecule has 112 valence electrons. The standard InChI is InChI=1S/C14H26O4S/c1-5-14(6-2,18-3)13(15)11-8-7-9-12(10-11)19(4,16)17/h11-12H,5-10H2,1-4H3. The molecule has 0 radical (unpaired) electrons. The van der Waals surface area contributed by atoms with Crippen molar-refractivity contribution in [2.45, 2.75) is 63.2 Å². The molecule has 1 saturated carbocycles. The van der Waals surface area contributed by atoms with E-state index in [9.17, 15) is 13.2 Å². The maximum Gasteiger partial charge on any atom is 0.167 e. The molecule has 2 unspecified atom stereocenters. The van der Waals surface area contributed by atoms with Crippen LogP contribution in [0.3, 0.4) is 0 Å². The summed E-state index contributed by atoms with van der Waals surface area (Å²) in [5.41, 5.74) is -0.732. The van der Waals surface area contributed by atoms with Gasteiger partial charge in [0.25, 0.3) is 0 Å². The van der Waals surface area contributed by atoms with Crippen molar-refractivity contribution in [3.63, 3.8) is 0 Å². The van der Waals surface area contributed by atoms with Gasteiger partial charge in [0.05, 0.1) is 5.25 Å². The summed E-state index contributed by atoms with van der Waals surface area (Å²) >= 11 is 0. The lowest BCUT2D eigenvalue weighted by molar-refractivity contribution is -0.147. The van der Waals surface area contributed by atoms with Crippen LogP contribution >= 0.6 is 0 Å². The Morgan fingerprint density at radius 3 is 2.26 bits per heavy atom. The molecule has 0 spiro atoms. The summed E-state index contributed by atoms with van der Waals surface area (Å²) in [6.45, 7) is 3.89. The molecule has 2 atom stereocenters. The highest BCUT2D eigenvalue weighted by atomic mass is 32.2. The van der Waals surface area contributed by atoms with E-state index in [4.69, 9.17) is 4.74 Å². The molecule has 1 rings (SSSR count). The first kappa shape index (κ1) is 16.6. The fraction of sp³-hybridized carbons (Fsp3) is 0.929. The Hall–Kier alpha value is -0.420. The largest absolute Gasteiger partial charge is 0.370 e. The number of hydrogen-bond donors (Lipinski definition) is 0. The van der Waals surface area contributed by atoms with Crippen molar-refractivity contribution in [1.29, 1.82) is 0 Å². The Bertz CT molecular complexity index is 401. The first-order chi connectivity index (χ1) is 8.80. The van der Waals surface area contributed by atoms with Gasteiger partial charge in [0.15, 0.2) is 5.78 Å². The maximum atomic E-state index is 12.7. The highest BCUT2D eigenvalue weighted by Crippen LogP contribution is 2.34. The van der Waals surface area contributed by atoms with Crippen LogP contribution in [0, 0.1) is 5.92 Å². The first-order valence-corrected chi connectivity index (χ1v) is 9.04. The molecular formula is C14H26O4S. The van der Waals surface area contributed by atoms with Gasteiger partial charge in [0, 0.05) is 19.3 Å². The smallest absolute Gasteiger partial charge is 0.167 e. The van der Waals surface area contributed by atoms with Crippen LogP contribution in [0.1, 0.15) is 52.4 Å². The molecular weight excluding hydrogens is 264 g/mol. The summed E-state index contributed by atoms with van der Waals surface area (Å²) in [7, 11) is -1.48. The SMILES string of the molecule is CCC(CC)(OC)C(=O)C1CCCC(S(C)(=O)=O)C1. The third-order valence-electron chi connectivity index (χ3n) is 4.58. The third-order valence-corrected chi connectivity index (χ3v) is 6.22. The summed E-state index contributed by atoms with van der Waals surface area (Å²) < 4.78 is 28.8. The summed E-state index contributed by atoms with van der Waals surface area (Å²) in [4.78, 5) is 12.7. The molecule has 0 saturated heterocycles. The van der Waals surface area contributed by atoms with Crippen molar-refractivity contribution in [2.75, 3.05) is 13.4 Å². The number of methoxy groups -OCH3 is 1. The minimum absolute atomic E-state index is 0.0911. The zero-order valence-electron chi connectivity index (χ0n) is 12.4. The van der Waals surface area contributed by atoms with Gasteiger partial charge in [-0.05, 0) is 32.1 Å². The van der Waals surface area contributed by atoms with E-state index in [1.165, 1.54) is 6.26 Å². The van der Waals surface area contributed by atoms with Crippen molar-refractivity contribution < 1.29 is 17.9 Å². The lowest BCUT2D eigenvalue weighted by Crippen LogP contribution is -2.45. The number of hydrogen-bond acceptors (Lipinski definition) is 4. The van der Waals surface area contributed by atoms with Crippen molar-refractivity contribution in [3.8, 4) is 0 Å². The van der Waals surface area contributed by atoms with Gasteiger partial charge in [-0.1, -0.05) is 20.3 Å². The Labute approximate surface area is 116 Å². The second-order valence-corrected chi connectivity index (χ2v) is 7.91. The van der Waals surface area contributed by atoms with Gasteiger partial charge < -0.3 is 4.74 Å². The molecule has 0 aromatic rings. The predicted molar refractivity (Wildman–Crippen MR) is 75.9 cm³/mol. The lowest BCUT2D eigenvalue weighted by atomic mass is 9.77. The Balaban J connectivity index is 2.88. The lowest BCUT2D eigenvalue weighted by Gasteiger charge is -2.35. The molecule has 1 aliphatic rings. The van der Waals surface area contributed by atoms with Crippen LogP contribution in [-0.2, 0) is 19.4 Å². The van der Waals surface area contributed by atoms with Crippen LogP contribution in [0.2, 0.25) is 0 Å². The molecule has 1 fully saturated rings. The summed E-state index contributed by atoms with van der Waals surface area (Å²) in [5, 5.41) is -0.363. The Morgan fingerprint density at radius 2 is 1.84 bits per heavy atom. The van der Waals surface area contributed by atoms with Gasteiger partial charge in [0.2, 0.25) is 0 Å². The molecule has 0 heterocycles. The van der Waals surface area contributed by atoms with Crippen LogP contribution in [0.25, 0.3) is 0 Å². The third kappa shape index (κ3) is 3.57. The maximum absolute atomic E-state index is 12.7. The van der Waals surface area contributed by atoms with Crippen LogP contribution in [0.4, 0.5) is 0 Å². The quantitative estimate of drug-likeness (QED) is 0.753. The summed E-state index contributed by atoms with van der Waals surface area (Å²) in [6, 6.07) is 0. The fourth-order valence-corrected chi connectivity index (χ4v) is 4.31. The monoisotopic (exact) mass is 290 g/mol. The van der Waals surface area contributed by atoms with Crippen LogP contribution in [0.5, 0.6) is 0 Å². The molecule has 0 N–H and O–H groups in total. The molecule has 0 bridgehead atoms. The average Bonchev–Trinajstić information content (AvgIpc) is 2.40. The molecule has 5 heteroatoms. The van der Waals surface area contributed by atoms with Crippen molar-refractivity contribution in [2.24, 2.45) is 5.92 Å². The van der Waals surface area contributed by atoms with E-state index in [2.05, 4.69) is 0 Å². The van der Waals surface area contributed by atoms with E-state index in [-0.39, 0.29) is 17.0 Å². The number of carbonyl (C=O) groups excluding carboxylic acids is 1. The topological polar surface area (TPSA) is 60.4 Å². The van der Waals surface area contributed by atoms with E-state index in [1.807, 2.05) is 13.8 Å². The summed E-state index contributed by atoms with van der Waals surface area (Å²) in [6.07, 6.45) is 5.28. The van der Waals surface area contributed by atoms with Gasteiger partial charge in [-0.15, -0.1) is 0 Å². The molecule has 4 nitrogen and oxygen atoms in total. The number of sulfone groups is 1. The number of rotatable bonds is 6. The first-order valence-electron chi connectivity index (χ1n) is 7.09. The summed E-state index contributed by atoms with van der Waals surface area (Å²) in [5.74, 6) is -0.0818. The minimum atomic E-state index is -3.05. The normalized spacial score (nSPS) is 25.3. The van der Waals surface area contributed by atoms with E-state index in [0.717, 1.165) is 12.8 Å². The van der Waals surface area contributed by atoms with Crippen LogP contribution in [0.15, 0.2) is 0 Å². The van der Waals surface area contributed by atoms with Crippen LogP contribution in [-0.4, -0.2) is 38.4 Å². The van der Waals surface area contributed by atoms with Gasteiger partial charge >= 0.3 is 0 Å². The second kappa shape index (κ2) is 6.35. The van der Waals surface area contributed by atoms with E-state index < -0.39 is 15.4 Å². The average molecular weight is 290 g/mol. The number of ether oxygens (including phenoxy) is 1. The molecule has 0 aromatic heterocycles. The van der Waals surface area contributed by atoms with Gasteiger partial charge in [-0.2, -0.15) is 0 Å². The van der Waals surface area contributed by atoms with Crippen LogP contribution < -0.4 is 0 Å². The number of ketones is 1.